The first-order valence-corrected chi connectivity index (χ1v) is 4.49. The molecular weight excluding hydrogens is 225 g/mol. The van der Waals surface area contributed by atoms with Crippen LogP contribution < -0.4 is 5.32 Å². The molecule has 1 unspecified atom stereocenters. The third-order valence-corrected chi connectivity index (χ3v) is 1.83. The van der Waals surface area contributed by atoms with Crippen LogP contribution in [0.25, 0.3) is 0 Å². The molecule has 1 rings (SSSR count). The average Bonchev–Trinajstić information content (AvgIpc) is 2.19. The lowest BCUT2D eigenvalue weighted by molar-refractivity contribution is -0.201. The van der Waals surface area contributed by atoms with E-state index in [9.17, 15) is 13.2 Å². The molecule has 4 nitrogen and oxygen atoms in total. The van der Waals surface area contributed by atoms with Crippen molar-refractivity contribution in [2.75, 3.05) is 6.54 Å². The van der Waals surface area contributed by atoms with E-state index in [2.05, 4.69) is 10.3 Å². The van der Waals surface area contributed by atoms with E-state index >= 15 is 0 Å². The number of halogens is 3. The molecule has 0 aliphatic carbocycles. The number of aromatic hydroxyl groups is 1. The van der Waals surface area contributed by atoms with Crippen molar-refractivity contribution in [3.05, 3.63) is 24.0 Å². The number of hydrogen-bond donors (Lipinski definition) is 3. The number of rotatable bonds is 4. The van der Waals surface area contributed by atoms with Crippen LogP contribution in [0.15, 0.2) is 18.3 Å². The highest BCUT2D eigenvalue weighted by Crippen LogP contribution is 2.19. The lowest BCUT2D eigenvalue weighted by Crippen LogP contribution is -2.38. The van der Waals surface area contributed by atoms with E-state index in [1.54, 1.807) is 0 Å². The molecule has 0 fully saturated rings. The summed E-state index contributed by atoms with van der Waals surface area (Å²) in [7, 11) is 0. The zero-order chi connectivity index (χ0) is 12.2. The molecule has 0 bridgehead atoms. The van der Waals surface area contributed by atoms with Gasteiger partial charge in [-0.2, -0.15) is 13.2 Å². The summed E-state index contributed by atoms with van der Waals surface area (Å²) in [6.45, 7) is -0.501. The van der Waals surface area contributed by atoms with E-state index in [4.69, 9.17) is 10.2 Å². The molecule has 0 saturated heterocycles. The maximum absolute atomic E-state index is 11.9. The highest BCUT2D eigenvalue weighted by Gasteiger charge is 2.37. The zero-order valence-corrected chi connectivity index (χ0v) is 8.20. The molecular formula is C9H11F3N2O2. The van der Waals surface area contributed by atoms with E-state index in [0.29, 0.717) is 5.69 Å². The van der Waals surface area contributed by atoms with Crippen LogP contribution in [0, 0.1) is 0 Å². The lowest BCUT2D eigenvalue weighted by atomic mass is 10.3. The SMILES string of the molecule is Oc1ccc(CNCC(O)C(F)(F)F)nc1. The van der Waals surface area contributed by atoms with Gasteiger partial charge in [-0.15, -0.1) is 0 Å². The molecule has 16 heavy (non-hydrogen) atoms. The number of pyridine rings is 1. The molecule has 0 aliphatic heterocycles. The summed E-state index contributed by atoms with van der Waals surface area (Å²) in [5, 5.41) is 20.0. The topological polar surface area (TPSA) is 65.4 Å². The predicted octanol–water partition coefficient (Wildman–Crippen LogP) is 0.800. The maximum Gasteiger partial charge on any atom is 0.415 e. The number of alkyl halides is 3. The van der Waals surface area contributed by atoms with E-state index in [1.807, 2.05) is 0 Å². The monoisotopic (exact) mass is 236 g/mol. The van der Waals surface area contributed by atoms with Crippen molar-refractivity contribution in [1.29, 1.82) is 0 Å². The number of aliphatic hydroxyl groups excluding tert-OH is 1. The molecule has 0 aliphatic rings. The Kier molecular flexibility index (Phi) is 4.08. The van der Waals surface area contributed by atoms with E-state index < -0.39 is 18.8 Å². The fourth-order valence-electron chi connectivity index (χ4n) is 0.974. The van der Waals surface area contributed by atoms with E-state index in [0.717, 1.165) is 0 Å². The van der Waals surface area contributed by atoms with Crippen LogP contribution in [-0.2, 0) is 6.54 Å². The minimum absolute atomic E-state index is 0.0147. The van der Waals surface area contributed by atoms with E-state index in [1.165, 1.54) is 18.3 Å². The van der Waals surface area contributed by atoms with Gasteiger partial charge in [-0.05, 0) is 12.1 Å². The number of nitrogens with one attached hydrogen (secondary N) is 1. The molecule has 1 aromatic rings. The molecule has 0 spiro atoms. The fourth-order valence-corrected chi connectivity index (χ4v) is 0.974. The molecule has 1 heterocycles. The van der Waals surface area contributed by atoms with Gasteiger partial charge >= 0.3 is 6.18 Å². The second kappa shape index (κ2) is 5.13. The fraction of sp³-hybridized carbons (Fsp3) is 0.444. The average molecular weight is 236 g/mol. The first-order valence-electron chi connectivity index (χ1n) is 4.49. The van der Waals surface area contributed by atoms with Crippen LogP contribution in [0.5, 0.6) is 5.75 Å². The Labute approximate surface area is 89.7 Å². The predicted molar refractivity (Wildman–Crippen MR) is 49.7 cm³/mol. The molecule has 0 radical (unpaired) electrons. The van der Waals surface area contributed by atoms with Gasteiger partial charge in [0.2, 0.25) is 0 Å². The van der Waals surface area contributed by atoms with Crippen molar-refractivity contribution in [3.8, 4) is 5.75 Å². The Bertz CT molecular complexity index is 327. The van der Waals surface area contributed by atoms with Gasteiger partial charge in [-0.3, -0.25) is 4.98 Å². The summed E-state index contributed by atoms with van der Waals surface area (Å²) in [6, 6.07) is 2.85. The van der Waals surface area contributed by atoms with Crippen LogP contribution in [0.3, 0.4) is 0 Å². The van der Waals surface area contributed by atoms with Gasteiger partial charge in [-0.1, -0.05) is 0 Å². The highest BCUT2D eigenvalue weighted by molar-refractivity contribution is 5.17. The molecule has 1 aromatic heterocycles. The molecule has 1 atom stereocenters. The first kappa shape index (κ1) is 12.7. The summed E-state index contributed by atoms with van der Waals surface area (Å²) < 4.78 is 35.7. The zero-order valence-electron chi connectivity index (χ0n) is 8.20. The van der Waals surface area contributed by atoms with Crippen LogP contribution in [0.1, 0.15) is 5.69 Å². The van der Waals surface area contributed by atoms with Crippen molar-refractivity contribution >= 4 is 0 Å². The molecule has 7 heteroatoms. The van der Waals surface area contributed by atoms with Gasteiger partial charge in [0.1, 0.15) is 5.75 Å². The Hall–Kier alpha value is -1.34. The Morgan fingerprint density at radius 1 is 1.38 bits per heavy atom. The first-order chi connectivity index (χ1) is 7.39. The van der Waals surface area contributed by atoms with Crippen molar-refractivity contribution < 1.29 is 23.4 Å². The smallest absolute Gasteiger partial charge is 0.415 e. The maximum atomic E-state index is 11.9. The summed E-state index contributed by atoms with van der Waals surface area (Å²) in [5.74, 6) is -0.0147. The summed E-state index contributed by atoms with van der Waals surface area (Å²) >= 11 is 0. The van der Waals surface area contributed by atoms with Crippen LogP contribution in [0.2, 0.25) is 0 Å². The summed E-state index contributed by atoms with van der Waals surface area (Å²) in [4.78, 5) is 3.76. The summed E-state index contributed by atoms with van der Waals surface area (Å²) in [6.07, 6.45) is -5.81. The van der Waals surface area contributed by atoms with E-state index in [-0.39, 0.29) is 12.3 Å². The summed E-state index contributed by atoms with van der Waals surface area (Å²) in [5.41, 5.74) is 0.479. The standard InChI is InChI=1S/C9H11F3N2O2/c10-9(11,12)8(16)5-13-3-6-1-2-7(15)4-14-6/h1-2,4,8,13,15-16H,3,5H2. The Balaban J connectivity index is 2.33. The Morgan fingerprint density at radius 3 is 2.56 bits per heavy atom. The van der Waals surface area contributed by atoms with Gasteiger partial charge in [0.15, 0.2) is 6.10 Å². The molecule has 0 saturated carbocycles. The van der Waals surface area contributed by atoms with Crippen molar-refractivity contribution in [3.63, 3.8) is 0 Å². The largest absolute Gasteiger partial charge is 0.506 e. The lowest BCUT2D eigenvalue weighted by Gasteiger charge is -2.14. The third-order valence-electron chi connectivity index (χ3n) is 1.83. The second-order valence-electron chi connectivity index (χ2n) is 3.20. The Morgan fingerprint density at radius 2 is 2.06 bits per heavy atom. The van der Waals surface area contributed by atoms with Gasteiger partial charge in [0.25, 0.3) is 0 Å². The van der Waals surface area contributed by atoms with Gasteiger partial charge in [0.05, 0.1) is 11.9 Å². The van der Waals surface area contributed by atoms with Gasteiger partial charge in [0, 0.05) is 13.1 Å². The number of nitrogens with zero attached hydrogens (tertiary/aromatic N) is 1. The minimum atomic E-state index is -4.62. The molecule has 0 amide bonds. The normalized spacial score (nSPS) is 13.8. The second-order valence-corrected chi connectivity index (χ2v) is 3.20. The van der Waals surface area contributed by atoms with Crippen molar-refractivity contribution in [2.45, 2.75) is 18.8 Å². The van der Waals surface area contributed by atoms with Crippen LogP contribution >= 0.6 is 0 Å². The van der Waals surface area contributed by atoms with Crippen LogP contribution in [-0.4, -0.2) is 34.0 Å². The number of aliphatic hydroxyl groups is 1. The van der Waals surface area contributed by atoms with Gasteiger partial charge < -0.3 is 15.5 Å². The molecule has 90 valence electrons. The molecule has 3 N–H and O–H groups in total. The number of aromatic nitrogens is 1. The van der Waals surface area contributed by atoms with Crippen molar-refractivity contribution in [2.24, 2.45) is 0 Å². The quantitative estimate of drug-likeness (QED) is 0.723. The van der Waals surface area contributed by atoms with Crippen LogP contribution in [0.4, 0.5) is 13.2 Å². The minimum Gasteiger partial charge on any atom is -0.506 e. The van der Waals surface area contributed by atoms with Crippen molar-refractivity contribution in [1.82, 2.24) is 10.3 Å². The highest BCUT2D eigenvalue weighted by atomic mass is 19.4. The molecule has 0 aromatic carbocycles. The number of hydrogen-bond acceptors (Lipinski definition) is 4. The third kappa shape index (κ3) is 4.03. The van der Waals surface area contributed by atoms with Gasteiger partial charge in [-0.25, -0.2) is 0 Å².